The van der Waals surface area contributed by atoms with Crippen molar-refractivity contribution < 1.29 is 14.9 Å². The van der Waals surface area contributed by atoms with Crippen LogP contribution in [0.25, 0.3) is 0 Å². The van der Waals surface area contributed by atoms with Crippen molar-refractivity contribution in [2.24, 2.45) is 0 Å². The normalized spacial score (nSPS) is 44.7. The molecule has 1 unspecified atom stereocenters. The summed E-state index contributed by atoms with van der Waals surface area (Å²) in [5.74, 6) is 0.344. The van der Waals surface area contributed by atoms with Gasteiger partial charge in [0, 0.05) is 0 Å². The van der Waals surface area contributed by atoms with Crippen molar-refractivity contribution in [3.05, 3.63) is 0 Å². The third-order valence-electron chi connectivity index (χ3n) is 1.77. The molecule has 1 rings (SSSR count). The molecule has 0 amide bonds. The van der Waals surface area contributed by atoms with E-state index in [0.29, 0.717) is 0 Å². The van der Waals surface area contributed by atoms with Crippen LogP contribution in [0.5, 0.6) is 0 Å². The zero-order valence-corrected chi connectivity index (χ0v) is 7.29. The molecule has 66 valence electrons. The number of rotatable bonds is 2. The molecule has 1 heterocycles. The van der Waals surface area contributed by atoms with Crippen molar-refractivity contribution in [2.75, 3.05) is 11.8 Å². The molecule has 1 aliphatic rings. The van der Waals surface area contributed by atoms with Gasteiger partial charge in [0.25, 0.3) is 0 Å². The van der Waals surface area contributed by atoms with Crippen LogP contribution in [0.15, 0.2) is 0 Å². The van der Waals surface area contributed by atoms with E-state index in [1.165, 1.54) is 0 Å². The van der Waals surface area contributed by atoms with Gasteiger partial charge >= 0.3 is 0 Å². The average molecular weight is 201 g/mol. The van der Waals surface area contributed by atoms with Gasteiger partial charge in [0.15, 0.2) is 0 Å². The fourth-order valence-electron chi connectivity index (χ4n) is 1.08. The Hall–Kier alpha value is 0.460. The molecule has 2 N–H and O–H groups in total. The Bertz CT molecular complexity index is 115. The molecule has 0 aromatic carbocycles. The summed E-state index contributed by atoms with van der Waals surface area (Å²) >= 11 is 10.9. The number of aliphatic hydroxyl groups is 2. The van der Waals surface area contributed by atoms with Gasteiger partial charge in [-0.05, 0) is 0 Å². The zero-order valence-electron chi connectivity index (χ0n) is 5.78. The predicted octanol–water partition coefficient (Wildman–Crippen LogP) is -0.0468. The highest BCUT2D eigenvalue weighted by molar-refractivity contribution is 6.18. The minimum absolute atomic E-state index is 0.172. The van der Waals surface area contributed by atoms with E-state index in [2.05, 4.69) is 0 Å². The molecule has 1 fully saturated rings. The van der Waals surface area contributed by atoms with Crippen molar-refractivity contribution in [2.45, 2.75) is 24.4 Å². The summed E-state index contributed by atoms with van der Waals surface area (Å²) in [6, 6.07) is 0. The fraction of sp³-hybridized carbons (Fsp3) is 1.00. The number of hydrogen-bond donors (Lipinski definition) is 2. The van der Waals surface area contributed by atoms with Crippen LogP contribution in [0.3, 0.4) is 0 Å². The highest BCUT2D eigenvalue weighted by atomic mass is 35.5. The minimum atomic E-state index is -0.906. The summed E-state index contributed by atoms with van der Waals surface area (Å²) in [6.07, 6.45) is -2.79. The molecular formula is C6H10Cl2O3. The minimum Gasteiger partial charge on any atom is -0.388 e. The fourth-order valence-corrected chi connectivity index (χ4v) is 1.59. The van der Waals surface area contributed by atoms with Crippen LogP contribution in [-0.2, 0) is 4.74 Å². The number of halogens is 2. The van der Waals surface area contributed by atoms with Crippen molar-refractivity contribution >= 4 is 23.2 Å². The van der Waals surface area contributed by atoms with E-state index in [4.69, 9.17) is 27.9 Å². The van der Waals surface area contributed by atoms with Crippen LogP contribution in [0.2, 0.25) is 0 Å². The lowest BCUT2D eigenvalue weighted by molar-refractivity contribution is 0.0318. The van der Waals surface area contributed by atoms with Crippen LogP contribution in [-0.4, -0.2) is 46.4 Å². The van der Waals surface area contributed by atoms with Gasteiger partial charge in [-0.1, -0.05) is 0 Å². The largest absolute Gasteiger partial charge is 0.388 e. The van der Waals surface area contributed by atoms with Gasteiger partial charge in [-0.2, -0.15) is 0 Å². The van der Waals surface area contributed by atoms with E-state index in [0.717, 1.165) is 0 Å². The molecule has 4 atom stereocenters. The molecular weight excluding hydrogens is 191 g/mol. The van der Waals surface area contributed by atoms with E-state index in [1.54, 1.807) is 0 Å². The molecule has 0 aliphatic carbocycles. The molecule has 0 saturated carbocycles. The summed E-state index contributed by atoms with van der Waals surface area (Å²) < 4.78 is 5.12. The van der Waals surface area contributed by atoms with E-state index in [1.807, 2.05) is 0 Å². The average Bonchev–Trinajstić information content (AvgIpc) is 2.30. The van der Waals surface area contributed by atoms with Crippen molar-refractivity contribution in [1.82, 2.24) is 0 Å². The summed E-state index contributed by atoms with van der Waals surface area (Å²) in [5.41, 5.74) is 0. The summed E-state index contributed by atoms with van der Waals surface area (Å²) in [7, 11) is 0. The highest BCUT2D eigenvalue weighted by Gasteiger charge is 2.41. The van der Waals surface area contributed by atoms with Crippen molar-refractivity contribution in [1.29, 1.82) is 0 Å². The van der Waals surface area contributed by atoms with Gasteiger partial charge in [-0.15, -0.1) is 23.2 Å². The first-order valence-electron chi connectivity index (χ1n) is 3.34. The molecule has 0 radical (unpaired) electrons. The van der Waals surface area contributed by atoms with Crippen LogP contribution < -0.4 is 0 Å². The van der Waals surface area contributed by atoms with Crippen LogP contribution in [0.1, 0.15) is 0 Å². The second-order valence-electron chi connectivity index (χ2n) is 2.50. The van der Waals surface area contributed by atoms with Gasteiger partial charge in [0.2, 0.25) is 0 Å². The highest BCUT2D eigenvalue weighted by Crippen LogP contribution is 2.22. The Labute approximate surface area is 74.9 Å². The van der Waals surface area contributed by atoms with Crippen molar-refractivity contribution in [3.63, 3.8) is 0 Å². The smallest absolute Gasteiger partial charge is 0.110 e. The lowest BCUT2D eigenvalue weighted by Crippen LogP contribution is -2.33. The van der Waals surface area contributed by atoms with Crippen LogP contribution in [0, 0.1) is 0 Å². The summed E-state index contributed by atoms with van der Waals surface area (Å²) in [6.45, 7) is 0. The number of alkyl halides is 2. The SMILES string of the molecule is O[C@H]1[C@H](O)C(CCl)O[C@@H]1CCl. The lowest BCUT2D eigenvalue weighted by atomic mass is 10.1. The predicted molar refractivity (Wildman–Crippen MR) is 42.1 cm³/mol. The maximum absolute atomic E-state index is 9.24. The van der Waals surface area contributed by atoms with Gasteiger partial charge in [-0.25, -0.2) is 0 Å². The van der Waals surface area contributed by atoms with Gasteiger partial charge in [-0.3, -0.25) is 0 Å². The lowest BCUT2D eigenvalue weighted by Gasteiger charge is -2.10. The van der Waals surface area contributed by atoms with Crippen LogP contribution in [0.4, 0.5) is 0 Å². The summed E-state index contributed by atoms with van der Waals surface area (Å²) in [4.78, 5) is 0. The molecule has 0 bridgehead atoms. The maximum Gasteiger partial charge on any atom is 0.110 e. The second-order valence-corrected chi connectivity index (χ2v) is 3.12. The first-order valence-corrected chi connectivity index (χ1v) is 4.41. The van der Waals surface area contributed by atoms with E-state index in [9.17, 15) is 10.2 Å². The maximum atomic E-state index is 9.24. The Morgan fingerprint density at radius 2 is 1.36 bits per heavy atom. The molecule has 1 aliphatic heterocycles. The third kappa shape index (κ3) is 1.79. The van der Waals surface area contributed by atoms with Gasteiger partial charge in [0.1, 0.15) is 24.4 Å². The topological polar surface area (TPSA) is 49.7 Å². The van der Waals surface area contributed by atoms with Gasteiger partial charge < -0.3 is 14.9 Å². The monoisotopic (exact) mass is 200 g/mol. The Morgan fingerprint density at radius 3 is 1.55 bits per heavy atom. The first-order chi connectivity index (χ1) is 5.20. The van der Waals surface area contributed by atoms with E-state index < -0.39 is 24.4 Å². The molecule has 5 heteroatoms. The molecule has 0 spiro atoms. The van der Waals surface area contributed by atoms with Gasteiger partial charge in [0.05, 0.1) is 11.8 Å². The molecule has 0 aromatic heterocycles. The number of aliphatic hydroxyl groups excluding tert-OH is 2. The summed E-state index contributed by atoms with van der Waals surface area (Å²) in [5, 5.41) is 18.5. The van der Waals surface area contributed by atoms with Crippen LogP contribution >= 0.6 is 23.2 Å². The second kappa shape index (κ2) is 3.92. The first kappa shape index (κ1) is 9.55. The standard InChI is InChI=1S/C6H10Cl2O3/c7-1-3-5(9)6(10)4(2-8)11-3/h3-6,9-10H,1-2H2/t3-,4?,5-,6-/m1/s1. The third-order valence-corrected chi connectivity index (χ3v) is 2.37. The zero-order chi connectivity index (χ0) is 8.43. The quantitative estimate of drug-likeness (QED) is 0.616. The molecule has 3 nitrogen and oxygen atoms in total. The molecule has 11 heavy (non-hydrogen) atoms. The Balaban J connectivity index is 2.53. The number of ether oxygens (including phenoxy) is 1. The van der Waals surface area contributed by atoms with Crippen molar-refractivity contribution in [3.8, 4) is 0 Å². The molecule has 0 aromatic rings. The Kier molecular flexibility index (Phi) is 3.40. The number of hydrogen-bond acceptors (Lipinski definition) is 3. The molecule has 1 saturated heterocycles. The van der Waals surface area contributed by atoms with E-state index in [-0.39, 0.29) is 11.8 Å². The Morgan fingerprint density at radius 1 is 1.00 bits per heavy atom. The van der Waals surface area contributed by atoms with E-state index >= 15 is 0 Å².